The molecule has 1 aromatic carbocycles. The second-order valence-electron chi connectivity index (χ2n) is 3.76. The predicted octanol–water partition coefficient (Wildman–Crippen LogP) is 1.36. The van der Waals surface area contributed by atoms with Crippen LogP contribution in [0.4, 0.5) is 5.69 Å². The largest absolute Gasteiger partial charge is 0.341 e. The second-order valence-corrected chi connectivity index (χ2v) is 4.86. The number of carbonyl (C=O) groups is 2. The van der Waals surface area contributed by atoms with Crippen molar-refractivity contribution >= 4 is 28.5 Å². The average molecular weight is 266 g/mol. The van der Waals surface area contributed by atoms with E-state index in [1.54, 1.807) is 6.07 Å². The van der Waals surface area contributed by atoms with Gasteiger partial charge in [-0.3, -0.25) is 19.7 Å². The summed E-state index contributed by atoms with van der Waals surface area (Å²) < 4.78 is 0. The molecule has 18 heavy (non-hydrogen) atoms. The Bertz CT molecular complexity index is 518. The lowest BCUT2D eigenvalue weighted by molar-refractivity contribution is -0.385. The summed E-state index contributed by atoms with van der Waals surface area (Å²) in [5, 5.41) is 13.2. The summed E-state index contributed by atoms with van der Waals surface area (Å²) in [5.41, 5.74) is -0.278. The molecule has 1 heterocycles. The molecule has 0 bridgehead atoms. The summed E-state index contributed by atoms with van der Waals surface area (Å²) >= 11 is 1.17. The van der Waals surface area contributed by atoms with E-state index >= 15 is 0 Å². The molecule has 1 unspecified atom stereocenters. The van der Waals surface area contributed by atoms with E-state index in [0.29, 0.717) is 12.2 Å². The topological polar surface area (TPSA) is 89.3 Å². The number of carbonyl (C=O) groups excluding carboxylic acids is 2. The van der Waals surface area contributed by atoms with Crippen molar-refractivity contribution in [2.75, 3.05) is 5.75 Å². The number of nitro groups is 1. The Labute approximate surface area is 107 Å². The van der Waals surface area contributed by atoms with Crippen LogP contribution in [-0.4, -0.2) is 27.7 Å². The zero-order chi connectivity index (χ0) is 13.1. The van der Waals surface area contributed by atoms with E-state index in [2.05, 4.69) is 5.32 Å². The van der Waals surface area contributed by atoms with E-state index in [1.165, 1.54) is 30.0 Å². The highest BCUT2D eigenvalue weighted by atomic mass is 32.2. The molecule has 0 spiro atoms. The van der Waals surface area contributed by atoms with Crippen LogP contribution in [0.1, 0.15) is 16.8 Å². The van der Waals surface area contributed by atoms with Crippen molar-refractivity contribution in [3.05, 3.63) is 39.9 Å². The van der Waals surface area contributed by atoms with Gasteiger partial charge in [0.2, 0.25) is 5.12 Å². The first-order valence-electron chi connectivity index (χ1n) is 5.30. The molecular weight excluding hydrogens is 256 g/mol. The molecule has 7 heteroatoms. The minimum Gasteiger partial charge on any atom is -0.341 e. The Morgan fingerprint density at radius 3 is 2.78 bits per heavy atom. The quantitative estimate of drug-likeness (QED) is 0.659. The van der Waals surface area contributed by atoms with Crippen LogP contribution in [0, 0.1) is 10.1 Å². The number of para-hydroxylation sites is 1. The van der Waals surface area contributed by atoms with Gasteiger partial charge in [0.25, 0.3) is 11.6 Å². The zero-order valence-electron chi connectivity index (χ0n) is 9.29. The minimum atomic E-state index is -0.611. The molecule has 6 nitrogen and oxygen atoms in total. The number of nitrogens with one attached hydrogen (secondary N) is 1. The van der Waals surface area contributed by atoms with Crippen molar-refractivity contribution < 1.29 is 14.5 Å². The maximum Gasteiger partial charge on any atom is 0.282 e. The molecule has 0 saturated carbocycles. The lowest BCUT2D eigenvalue weighted by Gasteiger charge is -2.10. The summed E-state index contributed by atoms with van der Waals surface area (Å²) in [5.74, 6) is 0.0869. The maximum absolute atomic E-state index is 11.9. The first kappa shape index (κ1) is 12.6. The third kappa shape index (κ3) is 2.51. The molecule has 94 valence electrons. The summed E-state index contributed by atoms with van der Waals surface area (Å²) in [6, 6.07) is 5.14. The van der Waals surface area contributed by atoms with Gasteiger partial charge in [-0.05, 0) is 12.5 Å². The lowest BCUT2D eigenvalue weighted by atomic mass is 10.1. The Kier molecular flexibility index (Phi) is 3.61. The maximum atomic E-state index is 11.9. The predicted molar refractivity (Wildman–Crippen MR) is 66.4 cm³/mol. The number of hydrogen-bond donors (Lipinski definition) is 1. The van der Waals surface area contributed by atoms with Gasteiger partial charge >= 0.3 is 0 Å². The van der Waals surface area contributed by atoms with Crippen LogP contribution < -0.4 is 5.32 Å². The Hall–Kier alpha value is -1.89. The smallest absolute Gasteiger partial charge is 0.282 e. The normalized spacial score (nSPS) is 18.7. The molecule has 2 rings (SSSR count). The Morgan fingerprint density at radius 1 is 1.44 bits per heavy atom. The molecule has 1 amide bonds. The highest BCUT2D eigenvalue weighted by molar-refractivity contribution is 8.14. The first-order valence-corrected chi connectivity index (χ1v) is 6.29. The summed E-state index contributed by atoms with van der Waals surface area (Å²) in [4.78, 5) is 33.4. The third-order valence-electron chi connectivity index (χ3n) is 2.59. The van der Waals surface area contributed by atoms with Crippen LogP contribution >= 0.6 is 11.8 Å². The van der Waals surface area contributed by atoms with Gasteiger partial charge in [-0.15, -0.1) is 0 Å². The van der Waals surface area contributed by atoms with Crippen molar-refractivity contribution in [1.29, 1.82) is 0 Å². The number of nitro benzene ring substituents is 1. The van der Waals surface area contributed by atoms with Gasteiger partial charge in [0.15, 0.2) is 0 Å². The molecule has 1 atom stereocenters. The summed E-state index contributed by atoms with van der Waals surface area (Å²) in [7, 11) is 0. The standard InChI is InChI=1S/C11H10N2O4S/c14-10(12-8-5-6-18-11(8)15)7-3-1-2-4-9(7)13(16)17/h1-4,8H,5-6H2,(H,12,14). The Morgan fingerprint density at radius 2 is 2.17 bits per heavy atom. The van der Waals surface area contributed by atoms with Crippen molar-refractivity contribution in [2.24, 2.45) is 0 Å². The fourth-order valence-electron chi connectivity index (χ4n) is 1.69. The van der Waals surface area contributed by atoms with Crippen LogP contribution in [0.5, 0.6) is 0 Å². The van der Waals surface area contributed by atoms with Gasteiger partial charge in [-0.1, -0.05) is 23.9 Å². The molecule has 1 aliphatic heterocycles. The average Bonchev–Trinajstić information content (AvgIpc) is 2.75. The van der Waals surface area contributed by atoms with Crippen LogP contribution in [0.15, 0.2) is 24.3 Å². The van der Waals surface area contributed by atoms with Gasteiger partial charge in [0, 0.05) is 11.8 Å². The van der Waals surface area contributed by atoms with Crippen LogP contribution in [0.3, 0.4) is 0 Å². The zero-order valence-corrected chi connectivity index (χ0v) is 10.1. The SMILES string of the molecule is O=C(NC1CCSC1=O)c1ccccc1[N+](=O)[O-]. The monoisotopic (exact) mass is 266 g/mol. The molecule has 0 radical (unpaired) electrons. The van der Waals surface area contributed by atoms with E-state index in [-0.39, 0.29) is 16.4 Å². The lowest BCUT2D eigenvalue weighted by Crippen LogP contribution is -2.37. The van der Waals surface area contributed by atoms with E-state index in [4.69, 9.17) is 0 Å². The number of thioether (sulfide) groups is 1. The van der Waals surface area contributed by atoms with Gasteiger partial charge < -0.3 is 5.32 Å². The fraction of sp³-hybridized carbons (Fsp3) is 0.273. The molecule has 1 saturated heterocycles. The molecule has 0 aromatic heterocycles. The fourth-order valence-corrected chi connectivity index (χ4v) is 2.62. The second kappa shape index (κ2) is 5.18. The highest BCUT2D eigenvalue weighted by Crippen LogP contribution is 2.22. The van der Waals surface area contributed by atoms with Crippen LogP contribution in [0.2, 0.25) is 0 Å². The van der Waals surface area contributed by atoms with Crippen LogP contribution in [0.25, 0.3) is 0 Å². The third-order valence-corrected chi connectivity index (χ3v) is 3.59. The summed E-state index contributed by atoms with van der Waals surface area (Å²) in [6.45, 7) is 0. The molecule has 1 fully saturated rings. The van der Waals surface area contributed by atoms with Crippen molar-refractivity contribution in [2.45, 2.75) is 12.5 Å². The number of benzene rings is 1. The van der Waals surface area contributed by atoms with Gasteiger partial charge in [0.1, 0.15) is 5.56 Å². The van der Waals surface area contributed by atoms with E-state index in [1.807, 2.05) is 0 Å². The minimum absolute atomic E-state index is 0.0211. The highest BCUT2D eigenvalue weighted by Gasteiger charge is 2.29. The molecule has 1 N–H and O–H groups in total. The van der Waals surface area contributed by atoms with E-state index < -0.39 is 16.9 Å². The number of rotatable bonds is 3. The number of hydrogen-bond acceptors (Lipinski definition) is 5. The van der Waals surface area contributed by atoms with Crippen molar-refractivity contribution in [3.8, 4) is 0 Å². The van der Waals surface area contributed by atoms with Crippen molar-refractivity contribution in [3.63, 3.8) is 0 Å². The van der Waals surface area contributed by atoms with Gasteiger partial charge in [-0.25, -0.2) is 0 Å². The number of nitrogens with zero attached hydrogens (tertiary/aromatic N) is 1. The number of amides is 1. The summed E-state index contributed by atoms with van der Waals surface area (Å²) in [6.07, 6.45) is 0.565. The molecule has 0 aliphatic carbocycles. The Balaban J connectivity index is 2.18. The van der Waals surface area contributed by atoms with E-state index in [9.17, 15) is 19.7 Å². The van der Waals surface area contributed by atoms with Crippen LogP contribution in [-0.2, 0) is 4.79 Å². The molecule has 1 aromatic rings. The first-order chi connectivity index (χ1) is 8.59. The molecular formula is C11H10N2O4S. The van der Waals surface area contributed by atoms with Crippen molar-refractivity contribution in [1.82, 2.24) is 5.32 Å². The molecule has 1 aliphatic rings. The van der Waals surface area contributed by atoms with E-state index in [0.717, 1.165) is 0 Å². The van der Waals surface area contributed by atoms with Gasteiger partial charge in [0.05, 0.1) is 11.0 Å². The van der Waals surface area contributed by atoms with Gasteiger partial charge in [-0.2, -0.15) is 0 Å².